The fourth-order valence-electron chi connectivity index (χ4n) is 4.70. The van der Waals surface area contributed by atoms with Crippen molar-refractivity contribution < 1.29 is 37.3 Å². The smallest absolute Gasteiger partial charge is 0.387 e. The first-order valence-corrected chi connectivity index (χ1v) is 10.9. The number of methoxy groups -OCH3 is 3. The maximum Gasteiger partial charge on any atom is 0.387 e. The van der Waals surface area contributed by atoms with Gasteiger partial charge in [0.05, 0.1) is 38.6 Å². The molecule has 2 heterocycles. The lowest BCUT2D eigenvalue weighted by Crippen LogP contribution is -2.36. The van der Waals surface area contributed by atoms with Crippen molar-refractivity contribution >= 4 is 11.7 Å². The number of nitrogens with zero attached hydrogens (tertiary/aromatic N) is 2. The van der Waals surface area contributed by atoms with Crippen LogP contribution in [0.1, 0.15) is 48.8 Å². The fourth-order valence-corrected chi connectivity index (χ4v) is 4.70. The molecule has 0 amide bonds. The summed E-state index contributed by atoms with van der Waals surface area (Å²) in [5.74, 6) is 0.288. The molecule has 1 aromatic heterocycles. The van der Waals surface area contributed by atoms with Crippen molar-refractivity contribution in [2.75, 3.05) is 21.3 Å². The predicted octanol–water partition coefficient (Wildman–Crippen LogP) is 4.13. The predicted molar refractivity (Wildman–Crippen MR) is 119 cm³/mol. The van der Waals surface area contributed by atoms with E-state index in [9.17, 15) is 13.6 Å². The summed E-state index contributed by atoms with van der Waals surface area (Å²) in [6.07, 6.45) is 1.56. The molecule has 0 saturated heterocycles. The number of ether oxygens (including phenoxy) is 5. The van der Waals surface area contributed by atoms with Gasteiger partial charge in [-0.15, -0.1) is 0 Å². The van der Waals surface area contributed by atoms with E-state index in [4.69, 9.17) is 28.7 Å². The molecule has 1 aliphatic heterocycles. The number of carbonyl (C=O) groups is 1. The molecule has 3 unspecified atom stereocenters. The van der Waals surface area contributed by atoms with Crippen LogP contribution in [0, 0.1) is 0 Å². The van der Waals surface area contributed by atoms with Crippen LogP contribution < -0.4 is 18.9 Å². The van der Waals surface area contributed by atoms with Crippen molar-refractivity contribution in [2.24, 2.45) is 4.99 Å². The molecule has 0 radical (unpaired) electrons. The van der Waals surface area contributed by atoms with Crippen molar-refractivity contribution in [3.05, 3.63) is 41.0 Å². The van der Waals surface area contributed by atoms with Gasteiger partial charge in [-0.05, 0) is 43.0 Å². The van der Waals surface area contributed by atoms with E-state index >= 15 is 0 Å². The number of aromatic nitrogens is 1. The molecule has 182 valence electrons. The normalized spacial score (nSPS) is 21.1. The largest absolute Gasteiger partial charge is 0.493 e. The number of halogens is 2. The molecule has 10 heteroatoms. The lowest BCUT2D eigenvalue weighted by Gasteiger charge is -2.38. The van der Waals surface area contributed by atoms with Crippen molar-refractivity contribution in [3.63, 3.8) is 0 Å². The molecule has 1 aliphatic carbocycles. The van der Waals surface area contributed by atoms with E-state index in [1.165, 1.54) is 28.3 Å². The van der Waals surface area contributed by atoms with Crippen LogP contribution in [0.4, 0.5) is 8.78 Å². The summed E-state index contributed by atoms with van der Waals surface area (Å²) < 4.78 is 52.5. The minimum Gasteiger partial charge on any atom is -0.493 e. The van der Waals surface area contributed by atoms with Gasteiger partial charge in [0.15, 0.2) is 11.5 Å². The summed E-state index contributed by atoms with van der Waals surface area (Å²) in [6, 6.07) is 6.57. The summed E-state index contributed by atoms with van der Waals surface area (Å²) in [7, 11) is 4.40. The molecule has 2 aliphatic rings. The Kier molecular flexibility index (Phi) is 6.85. The second-order valence-electron chi connectivity index (χ2n) is 8.08. The van der Waals surface area contributed by atoms with Gasteiger partial charge >= 0.3 is 12.6 Å². The van der Waals surface area contributed by atoms with Gasteiger partial charge in [-0.2, -0.15) is 13.8 Å². The average Bonchev–Trinajstić information content (AvgIpc) is 2.82. The lowest BCUT2D eigenvalue weighted by molar-refractivity contribution is -0.148. The zero-order chi connectivity index (χ0) is 24.4. The maximum absolute atomic E-state index is 13.1. The number of pyridine rings is 1. The van der Waals surface area contributed by atoms with Gasteiger partial charge in [-0.1, -0.05) is 0 Å². The first-order valence-electron chi connectivity index (χ1n) is 10.9. The number of alkyl halides is 2. The van der Waals surface area contributed by atoms with E-state index in [1.54, 1.807) is 24.3 Å². The van der Waals surface area contributed by atoms with Crippen LogP contribution in [0.25, 0.3) is 0 Å². The lowest BCUT2D eigenvalue weighted by atomic mass is 9.74. The van der Waals surface area contributed by atoms with Gasteiger partial charge in [0.25, 0.3) is 0 Å². The zero-order valence-electron chi connectivity index (χ0n) is 19.3. The zero-order valence-corrected chi connectivity index (χ0v) is 19.3. The minimum atomic E-state index is -3.01. The summed E-state index contributed by atoms with van der Waals surface area (Å²) in [4.78, 5) is 20.9. The monoisotopic (exact) mass is 476 g/mol. The molecule has 0 spiro atoms. The third-order valence-corrected chi connectivity index (χ3v) is 6.09. The number of rotatable bonds is 7. The molecule has 8 nitrogen and oxygen atoms in total. The first kappa shape index (κ1) is 23.7. The second-order valence-corrected chi connectivity index (χ2v) is 8.08. The Labute approximate surface area is 195 Å². The van der Waals surface area contributed by atoms with E-state index in [2.05, 4.69) is 4.98 Å². The Morgan fingerprint density at radius 3 is 2.47 bits per heavy atom. The molecule has 4 rings (SSSR count). The first-order chi connectivity index (χ1) is 16.3. The molecule has 1 aromatic carbocycles. The maximum atomic E-state index is 13.1. The van der Waals surface area contributed by atoms with Crippen molar-refractivity contribution in [1.29, 1.82) is 0 Å². The molecule has 0 bridgehead atoms. The van der Waals surface area contributed by atoms with Crippen LogP contribution >= 0.6 is 0 Å². The number of hydrogen-bond donors (Lipinski definition) is 0. The highest BCUT2D eigenvalue weighted by Gasteiger charge is 2.39. The van der Waals surface area contributed by atoms with Crippen LogP contribution in [0.5, 0.6) is 23.3 Å². The topological polar surface area (TPSA) is 88.5 Å². The Morgan fingerprint density at radius 2 is 1.82 bits per heavy atom. The van der Waals surface area contributed by atoms with Gasteiger partial charge in [0.2, 0.25) is 11.8 Å². The molecule has 0 N–H and O–H groups in total. The highest BCUT2D eigenvalue weighted by atomic mass is 19.3. The van der Waals surface area contributed by atoms with Gasteiger partial charge in [-0.3, -0.25) is 9.79 Å². The number of esters is 1. The van der Waals surface area contributed by atoms with Gasteiger partial charge in [0.1, 0.15) is 6.10 Å². The average molecular weight is 476 g/mol. The van der Waals surface area contributed by atoms with Crippen molar-refractivity contribution in [1.82, 2.24) is 4.98 Å². The SMILES string of the molecule is COc1ccc(C2=NC3CCC(OC(C)=O)CC3c3cc(OC(F)F)c(OC)cc32)c(OC)n1. The highest BCUT2D eigenvalue weighted by molar-refractivity contribution is 6.16. The highest BCUT2D eigenvalue weighted by Crippen LogP contribution is 2.46. The quantitative estimate of drug-likeness (QED) is 0.555. The third-order valence-electron chi connectivity index (χ3n) is 6.09. The number of benzene rings is 1. The number of carbonyl (C=O) groups excluding carboxylic acids is 1. The number of hydrogen-bond acceptors (Lipinski definition) is 8. The van der Waals surface area contributed by atoms with Crippen LogP contribution in [-0.2, 0) is 9.53 Å². The molecule has 3 atom stereocenters. The van der Waals surface area contributed by atoms with Crippen LogP contribution in [-0.4, -0.2) is 56.8 Å². The molecule has 1 saturated carbocycles. The van der Waals surface area contributed by atoms with E-state index in [0.29, 0.717) is 47.9 Å². The van der Waals surface area contributed by atoms with Gasteiger partial charge in [-0.25, -0.2) is 0 Å². The van der Waals surface area contributed by atoms with Gasteiger partial charge < -0.3 is 23.7 Å². The Bertz CT molecular complexity index is 1110. The van der Waals surface area contributed by atoms with Crippen LogP contribution in [0.3, 0.4) is 0 Å². The van der Waals surface area contributed by atoms with Crippen molar-refractivity contribution in [3.8, 4) is 23.3 Å². The van der Waals surface area contributed by atoms with E-state index < -0.39 is 6.61 Å². The molecular weight excluding hydrogens is 450 g/mol. The molecule has 2 aromatic rings. The summed E-state index contributed by atoms with van der Waals surface area (Å²) in [6.45, 7) is -1.63. The van der Waals surface area contributed by atoms with E-state index in [-0.39, 0.29) is 35.5 Å². The Hall–Kier alpha value is -3.43. The fraction of sp³-hybridized carbons (Fsp3) is 0.458. The van der Waals surface area contributed by atoms with E-state index in [0.717, 1.165) is 5.56 Å². The van der Waals surface area contributed by atoms with E-state index in [1.807, 2.05) is 0 Å². The Balaban J connectivity index is 1.86. The molecular formula is C24H26F2N2O6. The standard InChI is InChI=1S/C24H26F2N2O6/c1-12(29)33-13-5-7-18-16(9-13)15-10-20(34-24(25)26)19(30-2)11-17(15)22(27-18)14-6-8-21(31-3)28-23(14)32-4/h6,8,10-11,13,16,18,24H,5,7,9H2,1-4H3. The number of fused-ring (bicyclic) bond motifs is 3. The summed E-state index contributed by atoms with van der Waals surface area (Å²) >= 11 is 0. The molecule has 1 fully saturated rings. The number of aliphatic imine (C=N–C) groups is 1. The molecule has 34 heavy (non-hydrogen) atoms. The Morgan fingerprint density at radius 1 is 1.03 bits per heavy atom. The second kappa shape index (κ2) is 9.82. The van der Waals surface area contributed by atoms with Crippen LogP contribution in [0.15, 0.2) is 29.3 Å². The summed E-state index contributed by atoms with van der Waals surface area (Å²) in [5.41, 5.74) is 2.69. The third kappa shape index (κ3) is 4.62. The van der Waals surface area contributed by atoms with Gasteiger partial charge in [0, 0.05) is 24.5 Å². The van der Waals surface area contributed by atoms with Crippen LogP contribution in [0.2, 0.25) is 0 Å². The van der Waals surface area contributed by atoms with Crippen molar-refractivity contribution in [2.45, 2.75) is 50.9 Å². The summed E-state index contributed by atoms with van der Waals surface area (Å²) in [5, 5.41) is 0. The minimum absolute atomic E-state index is 0.0642.